The molecule has 0 aliphatic heterocycles. The van der Waals surface area contributed by atoms with Crippen LogP contribution < -0.4 is 10.6 Å². The Morgan fingerprint density at radius 1 is 0.943 bits per heavy atom. The van der Waals surface area contributed by atoms with Gasteiger partial charge in [0, 0.05) is 18.2 Å². The first-order valence-corrected chi connectivity index (χ1v) is 11.6. The number of anilines is 1. The van der Waals surface area contributed by atoms with Gasteiger partial charge in [-0.3, -0.25) is 4.79 Å². The number of carboxylic acid groups (broad SMARTS) is 1. The van der Waals surface area contributed by atoms with Gasteiger partial charge in [-0.2, -0.15) is 0 Å². The summed E-state index contributed by atoms with van der Waals surface area (Å²) in [5, 5.41) is 14.8. The standard InChI is InChI=1S/C28H28N2O5/c1-3-18(26(31)30-25-14-8-13-19(17(25)2)27(32)33)15-29-28(34)35-16-24-22-11-6-4-9-20(22)21-10-5-7-12-23(21)24/h4-14,18,24H,3,15-16H2,1-2H3,(H,29,34)(H,30,31)(H,32,33). The fraction of sp³-hybridized carbons (Fsp3) is 0.250. The van der Waals surface area contributed by atoms with Crippen LogP contribution in [0, 0.1) is 12.8 Å². The van der Waals surface area contributed by atoms with E-state index in [1.165, 1.54) is 6.07 Å². The van der Waals surface area contributed by atoms with E-state index in [9.17, 15) is 19.5 Å². The van der Waals surface area contributed by atoms with Crippen LogP contribution in [0.15, 0.2) is 66.7 Å². The molecule has 7 heteroatoms. The molecule has 0 aromatic heterocycles. The van der Waals surface area contributed by atoms with Gasteiger partial charge >= 0.3 is 12.1 Å². The lowest BCUT2D eigenvalue weighted by atomic mass is 9.98. The highest BCUT2D eigenvalue weighted by molar-refractivity contribution is 5.97. The Labute approximate surface area is 204 Å². The smallest absolute Gasteiger partial charge is 0.407 e. The highest BCUT2D eigenvalue weighted by Crippen LogP contribution is 2.44. The molecule has 1 aliphatic carbocycles. The van der Waals surface area contributed by atoms with Crippen LogP contribution >= 0.6 is 0 Å². The van der Waals surface area contributed by atoms with E-state index >= 15 is 0 Å². The normalized spacial score (nSPS) is 12.9. The number of amides is 2. The number of aromatic carboxylic acids is 1. The highest BCUT2D eigenvalue weighted by atomic mass is 16.5. The van der Waals surface area contributed by atoms with E-state index in [2.05, 4.69) is 34.9 Å². The van der Waals surface area contributed by atoms with Crippen LogP contribution in [0.1, 0.15) is 46.3 Å². The van der Waals surface area contributed by atoms with Crippen molar-refractivity contribution in [2.45, 2.75) is 26.2 Å². The number of hydrogen-bond donors (Lipinski definition) is 3. The zero-order chi connectivity index (χ0) is 24.9. The van der Waals surface area contributed by atoms with Crippen molar-refractivity contribution in [2.24, 2.45) is 5.92 Å². The maximum absolute atomic E-state index is 12.8. The summed E-state index contributed by atoms with van der Waals surface area (Å²) in [6.45, 7) is 3.81. The first-order valence-electron chi connectivity index (χ1n) is 11.6. The monoisotopic (exact) mass is 472 g/mol. The van der Waals surface area contributed by atoms with Gasteiger partial charge in [0.05, 0.1) is 11.5 Å². The number of hydrogen-bond acceptors (Lipinski definition) is 4. The van der Waals surface area contributed by atoms with E-state index in [1.807, 2.05) is 31.2 Å². The van der Waals surface area contributed by atoms with E-state index in [-0.39, 0.29) is 30.5 Å². The van der Waals surface area contributed by atoms with E-state index < -0.39 is 18.0 Å². The minimum Gasteiger partial charge on any atom is -0.478 e. The Morgan fingerprint density at radius 2 is 1.57 bits per heavy atom. The Balaban J connectivity index is 1.34. The largest absolute Gasteiger partial charge is 0.478 e. The molecule has 35 heavy (non-hydrogen) atoms. The van der Waals surface area contributed by atoms with Gasteiger partial charge in [-0.05, 0) is 53.3 Å². The molecule has 7 nitrogen and oxygen atoms in total. The zero-order valence-electron chi connectivity index (χ0n) is 19.7. The fourth-order valence-electron chi connectivity index (χ4n) is 4.52. The third-order valence-electron chi connectivity index (χ3n) is 6.52. The van der Waals surface area contributed by atoms with Gasteiger partial charge in [-0.15, -0.1) is 0 Å². The van der Waals surface area contributed by atoms with Crippen LogP contribution in [0.25, 0.3) is 11.1 Å². The van der Waals surface area contributed by atoms with E-state index in [0.29, 0.717) is 17.7 Å². The van der Waals surface area contributed by atoms with Crippen LogP contribution in [-0.2, 0) is 9.53 Å². The van der Waals surface area contributed by atoms with Crippen LogP contribution in [0.4, 0.5) is 10.5 Å². The SMILES string of the molecule is CCC(CNC(=O)OCC1c2ccccc2-c2ccccc21)C(=O)Nc1cccc(C(=O)O)c1C. The molecule has 3 N–H and O–H groups in total. The van der Waals surface area contributed by atoms with E-state index in [0.717, 1.165) is 22.3 Å². The highest BCUT2D eigenvalue weighted by Gasteiger charge is 2.29. The Morgan fingerprint density at radius 3 is 2.17 bits per heavy atom. The summed E-state index contributed by atoms with van der Waals surface area (Å²) in [5.74, 6) is -1.88. The number of fused-ring (bicyclic) bond motifs is 3. The number of carbonyl (C=O) groups is 3. The fourth-order valence-corrected chi connectivity index (χ4v) is 4.52. The molecule has 3 aromatic rings. The van der Waals surface area contributed by atoms with E-state index in [4.69, 9.17) is 4.74 Å². The number of carbonyl (C=O) groups excluding carboxylic acids is 2. The Kier molecular flexibility index (Phi) is 7.15. The molecule has 0 bridgehead atoms. The van der Waals surface area contributed by atoms with Gasteiger partial charge in [0.1, 0.15) is 6.61 Å². The number of carboxylic acids is 1. The van der Waals surface area contributed by atoms with Gasteiger partial charge in [-0.1, -0.05) is 61.5 Å². The van der Waals surface area contributed by atoms with Crippen molar-refractivity contribution in [1.82, 2.24) is 5.32 Å². The van der Waals surface area contributed by atoms with Gasteiger partial charge in [-0.25, -0.2) is 9.59 Å². The maximum atomic E-state index is 12.8. The summed E-state index contributed by atoms with van der Waals surface area (Å²) < 4.78 is 5.55. The summed E-state index contributed by atoms with van der Waals surface area (Å²) >= 11 is 0. The topological polar surface area (TPSA) is 105 Å². The second-order valence-electron chi connectivity index (χ2n) is 8.58. The zero-order valence-corrected chi connectivity index (χ0v) is 19.7. The van der Waals surface area contributed by atoms with Gasteiger partial charge in [0.15, 0.2) is 0 Å². The number of alkyl carbamates (subject to hydrolysis) is 1. The quantitative estimate of drug-likeness (QED) is 0.418. The number of nitrogens with one attached hydrogen (secondary N) is 2. The summed E-state index contributed by atoms with van der Waals surface area (Å²) in [5.41, 5.74) is 5.62. The number of ether oxygens (including phenoxy) is 1. The van der Waals surface area contributed by atoms with Crippen molar-refractivity contribution >= 4 is 23.7 Å². The molecule has 0 spiro atoms. The van der Waals surface area contributed by atoms with Gasteiger partial charge in [0.25, 0.3) is 0 Å². The maximum Gasteiger partial charge on any atom is 0.407 e. The molecule has 1 aliphatic rings. The lowest BCUT2D eigenvalue weighted by Gasteiger charge is -2.18. The molecule has 1 atom stereocenters. The Bertz CT molecular complexity index is 1220. The van der Waals surface area contributed by atoms with Crippen LogP contribution in [0.2, 0.25) is 0 Å². The molecule has 180 valence electrons. The molecule has 0 saturated heterocycles. The van der Waals surface area contributed by atoms with Crippen molar-refractivity contribution in [3.8, 4) is 11.1 Å². The summed E-state index contributed by atoms with van der Waals surface area (Å²) in [7, 11) is 0. The third-order valence-corrected chi connectivity index (χ3v) is 6.52. The van der Waals surface area contributed by atoms with Crippen molar-refractivity contribution in [1.29, 1.82) is 0 Å². The molecule has 0 radical (unpaired) electrons. The van der Waals surface area contributed by atoms with Crippen molar-refractivity contribution in [3.05, 3.63) is 89.0 Å². The van der Waals surface area contributed by atoms with Crippen molar-refractivity contribution in [2.75, 3.05) is 18.5 Å². The molecule has 0 heterocycles. The minimum atomic E-state index is -1.05. The summed E-state index contributed by atoms with van der Waals surface area (Å²) in [6.07, 6.45) is -0.0881. The summed E-state index contributed by atoms with van der Waals surface area (Å²) in [6, 6.07) is 21.0. The predicted octanol–water partition coefficient (Wildman–Crippen LogP) is 5.20. The first-order chi connectivity index (χ1) is 16.9. The average Bonchev–Trinajstić information content (AvgIpc) is 3.18. The number of benzene rings is 3. The molecular formula is C28H28N2O5. The van der Waals surface area contributed by atoms with Gasteiger partial charge in [0.2, 0.25) is 5.91 Å². The summed E-state index contributed by atoms with van der Waals surface area (Å²) in [4.78, 5) is 36.6. The third kappa shape index (κ3) is 5.04. The predicted molar refractivity (Wildman–Crippen MR) is 134 cm³/mol. The van der Waals surface area contributed by atoms with Gasteiger partial charge < -0.3 is 20.5 Å². The molecule has 3 aromatic carbocycles. The molecular weight excluding hydrogens is 444 g/mol. The molecule has 0 fully saturated rings. The van der Waals surface area contributed by atoms with Crippen LogP contribution in [0.5, 0.6) is 0 Å². The molecule has 2 amide bonds. The molecule has 0 saturated carbocycles. The van der Waals surface area contributed by atoms with Crippen LogP contribution in [0.3, 0.4) is 0 Å². The molecule has 4 rings (SSSR count). The average molecular weight is 473 g/mol. The lowest BCUT2D eigenvalue weighted by molar-refractivity contribution is -0.119. The first kappa shape index (κ1) is 24.0. The van der Waals surface area contributed by atoms with Crippen molar-refractivity contribution in [3.63, 3.8) is 0 Å². The number of rotatable bonds is 8. The lowest BCUT2D eigenvalue weighted by Crippen LogP contribution is -2.36. The van der Waals surface area contributed by atoms with Crippen LogP contribution in [-0.4, -0.2) is 36.2 Å². The molecule has 1 unspecified atom stereocenters. The Hall–Kier alpha value is -4.13. The minimum absolute atomic E-state index is 0.0390. The van der Waals surface area contributed by atoms with E-state index in [1.54, 1.807) is 19.1 Å². The second-order valence-corrected chi connectivity index (χ2v) is 8.58. The second kappa shape index (κ2) is 10.4. The van der Waals surface area contributed by atoms with Crippen molar-refractivity contribution < 1.29 is 24.2 Å².